The molecule has 0 unspecified atom stereocenters. The molecule has 2 aromatic rings. The Labute approximate surface area is 170 Å². The van der Waals surface area contributed by atoms with Crippen molar-refractivity contribution in [3.63, 3.8) is 0 Å². The van der Waals surface area contributed by atoms with Crippen LogP contribution in [0, 0.1) is 0 Å². The molecule has 0 aromatic heterocycles. The number of halogens is 1. The topological polar surface area (TPSA) is 58.2 Å². The van der Waals surface area contributed by atoms with Crippen molar-refractivity contribution >= 4 is 40.9 Å². The normalized spacial score (nSPS) is 11.1. The van der Waals surface area contributed by atoms with Gasteiger partial charge < -0.3 is 10.6 Å². The highest BCUT2D eigenvalue weighted by molar-refractivity contribution is 7.99. The van der Waals surface area contributed by atoms with E-state index in [1.807, 2.05) is 45.0 Å². The van der Waals surface area contributed by atoms with Crippen LogP contribution in [0.5, 0.6) is 0 Å². The lowest BCUT2D eigenvalue weighted by Crippen LogP contribution is -2.40. The number of thioether (sulfide) groups is 1. The molecule has 144 valence electrons. The average Bonchev–Trinajstić information content (AvgIpc) is 2.59. The largest absolute Gasteiger partial charge is 0.347 e. The molecule has 0 aliphatic heterocycles. The summed E-state index contributed by atoms with van der Waals surface area (Å²) in [5, 5.41) is 6.49. The zero-order valence-corrected chi connectivity index (χ0v) is 17.4. The van der Waals surface area contributed by atoms with Crippen LogP contribution in [-0.4, -0.2) is 23.1 Å². The second kappa shape index (κ2) is 9.81. The molecule has 0 bridgehead atoms. The van der Waals surface area contributed by atoms with E-state index < -0.39 is 0 Å². The van der Waals surface area contributed by atoms with Crippen LogP contribution in [0.15, 0.2) is 53.4 Å². The minimum absolute atomic E-state index is 0.0947. The Bertz CT molecular complexity index is 786. The summed E-state index contributed by atoms with van der Waals surface area (Å²) < 4.78 is 0. The minimum Gasteiger partial charge on any atom is -0.347 e. The van der Waals surface area contributed by atoms with Gasteiger partial charge in [0.15, 0.2) is 0 Å². The van der Waals surface area contributed by atoms with Gasteiger partial charge >= 0.3 is 0 Å². The van der Waals surface area contributed by atoms with Gasteiger partial charge in [0.1, 0.15) is 0 Å². The van der Waals surface area contributed by atoms with Gasteiger partial charge in [0.2, 0.25) is 5.91 Å². The first-order chi connectivity index (χ1) is 12.7. The van der Waals surface area contributed by atoms with Gasteiger partial charge in [-0.15, -0.1) is 11.8 Å². The Hall–Kier alpha value is -1.98. The number of para-hydroxylation sites is 1. The maximum atomic E-state index is 12.4. The third kappa shape index (κ3) is 7.65. The summed E-state index contributed by atoms with van der Waals surface area (Å²) in [5.41, 5.74) is 0.665. The number of carbonyl (C=O) groups is 2. The number of amides is 2. The summed E-state index contributed by atoms with van der Waals surface area (Å²) in [7, 11) is 0. The maximum absolute atomic E-state index is 12.4. The Morgan fingerprint density at radius 2 is 1.70 bits per heavy atom. The van der Waals surface area contributed by atoms with Crippen LogP contribution in [0.25, 0.3) is 0 Å². The van der Waals surface area contributed by atoms with Crippen molar-refractivity contribution in [2.75, 3.05) is 11.1 Å². The Morgan fingerprint density at radius 1 is 1.04 bits per heavy atom. The standard InChI is InChI=1S/C21H25ClN2O2S/c1-21(2,3)24-20(26)17-7-4-5-8-18(17)23-19(25)9-6-14-27-16-12-10-15(22)11-13-16/h4-5,7-8,10-13H,6,9,14H2,1-3H3,(H,23,25)(H,24,26). The number of hydrogen-bond donors (Lipinski definition) is 2. The molecule has 2 aromatic carbocycles. The van der Waals surface area contributed by atoms with Crippen LogP contribution in [0.2, 0.25) is 5.02 Å². The fraction of sp³-hybridized carbons (Fsp3) is 0.333. The molecule has 0 radical (unpaired) electrons. The van der Waals surface area contributed by atoms with Crippen LogP contribution >= 0.6 is 23.4 Å². The molecule has 6 heteroatoms. The molecule has 2 rings (SSSR count). The number of nitrogens with one attached hydrogen (secondary N) is 2. The summed E-state index contributed by atoms with van der Waals surface area (Å²) in [5.74, 6) is 0.542. The molecule has 0 fully saturated rings. The molecule has 0 saturated heterocycles. The molecule has 27 heavy (non-hydrogen) atoms. The van der Waals surface area contributed by atoms with Crippen molar-refractivity contribution in [2.45, 2.75) is 44.0 Å². The number of hydrogen-bond acceptors (Lipinski definition) is 3. The van der Waals surface area contributed by atoms with Gasteiger partial charge in [0, 0.05) is 21.9 Å². The summed E-state index contributed by atoms with van der Waals surface area (Å²) in [6.07, 6.45) is 1.14. The van der Waals surface area contributed by atoms with E-state index in [0.29, 0.717) is 22.7 Å². The molecule has 0 heterocycles. The second-order valence-corrected chi connectivity index (χ2v) is 8.81. The molecule has 2 amide bonds. The predicted molar refractivity (Wildman–Crippen MR) is 114 cm³/mol. The quantitative estimate of drug-likeness (QED) is 0.481. The highest BCUT2D eigenvalue weighted by Crippen LogP contribution is 2.22. The van der Waals surface area contributed by atoms with Crippen molar-refractivity contribution in [3.8, 4) is 0 Å². The van der Waals surface area contributed by atoms with Gasteiger partial charge in [-0.3, -0.25) is 9.59 Å². The SMILES string of the molecule is CC(C)(C)NC(=O)c1ccccc1NC(=O)CCCSc1ccc(Cl)cc1. The molecule has 0 aliphatic rings. The molecular weight excluding hydrogens is 380 g/mol. The Kier molecular flexibility index (Phi) is 7.75. The molecular formula is C21H25ClN2O2S. The third-order valence-corrected chi connectivity index (χ3v) is 4.92. The third-order valence-electron chi connectivity index (χ3n) is 3.56. The fourth-order valence-corrected chi connectivity index (χ4v) is 3.34. The van der Waals surface area contributed by atoms with Crippen LogP contribution < -0.4 is 10.6 Å². The van der Waals surface area contributed by atoms with Gasteiger partial charge in [-0.2, -0.15) is 0 Å². The number of carbonyl (C=O) groups excluding carboxylic acids is 2. The summed E-state index contributed by atoms with van der Waals surface area (Å²) in [6.45, 7) is 5.76. The van der Waals surface area contributed by atoms with Crippen LogP contribution in [-0.2, 0) is 4.79 Å². The van der Waals surface area contributed by atoms with Crippen LogP contribution in [0.1, 0.15) is 44.0 Å². The van der Waals surface area contributed by atoms with Gasteiger partial charge in [0.25, 0.3) is 5.91 Å². The summed E-state index contributed by atoms with van der Waals surface area (Å²) in [4.78, 5) is 25.8. The first kappa shape index (κ1) is 21.3. The van der Waals surface area contributed by atoms with E-state index in [0.717, 1.165) is 17.1 Å². The van der Waals surface area contributed by atoms with E-state index in [4.69, 9.17) is 11.6 Å². The summed E-state index contributed by atoms with van der Waals surface area (Å²) in [6, 6.07) is 14.7. The smallest absolute Gasteiger partial charge is 0.253 e. The van der Waals surface area contributed by atoms with Crippen molar-refractivity contribution < 1.29 is 9.59 Å². The average molecular weight is 405 g/mol. The fourth-order valence-electron chi connectivity index (χ4n) is 2.36. The van der Waals surface area contributed by atoms with Gasteiger partial charge in [-0.1, -0.05) is 23.7 Å². The molecule has 0 atom stereocenters. The van der Waals surface area contributed by atoms with Crippen LogP contribution in [0.3, 0.4) is 0 Å². The van der Waals surface area contributed by atoms with Gasteiger partial charge in [-0.05, 0) is 69.3 Å². The first-order valence-electron chi connectivity index (χ1n) is 8.84. The highest BCUT2D eigenvalue weighted by Gasteiger charge is 2.18. The molecule has 0 spiro atoms. The van der Waals surface area contributed by atoms with E-state index in [9.17, 15) is 9.59 Å². The van der Waals surface area contributed by atoms with Crippen LogP contribution in [0.4, 0.5) is 5.69 Å². The Balaban J connectivity index is 1.85. The van der Waals surface area contributed by atoms with Crippen molar-refractivity contribution in [1.29, 1.82) is 0 Å². The number of anilines is 1. The lowest BCUT2D eigenvalue weighted by molar-refractivity contribution is -0.116. The monoisotopic (exact) mass is 404 g/mol. The van der Waals surface area contributed by atoms with E-state index >= 15 is 0 Å². The lowest BCUT2D eigenvalue weighted by Gasteiger charge is -2.21. The Morgan fingerprint density at radius 3 is 2.37 bits per heavy atom. The maximum Gasteiger partial charge on any atom is 0.253 e. The molecule has 2 N–H and O–H groups in total. The van der Waals surface area contributed by atoms with Gasteiger partial charge in [0.05, 0.1) is 11.3 Å². The predicted octanol–water partition coefficient (Wildman–Crippen LogP) is 5.38. The number of benzene rings is 2. The van der Waals surface area contributed by atoms with Crippen molar-refractivity contribution in [2.24, 2.45) is 0 Å². The minimum atomic E-state index is -0.340. The van der Waals surface area contributed by atoms with E-state index in [2.05, 4.69) is 10.6 Å². The number of rotatable bonds is 7. The first-order valence-corrected chi connectivity index (χ1v) is 10.2. The lowest BCUT2D eigenvalue weighted by atomic mass is 10.1. The second-order valence-electron chi connectivity index (χ2n) is 7.20. The molecule has 0 saturated carbocycles. The summed E-state index contributed by atoms with van der Waals surface area (Å²) >= 11 is 7.56. The van der Waals surface area contributed by atoms with E-state index in [1.165, 1.54) is 0 Å². The zero-order valence-electron chi connectivity index (χ0n) is 15.8. The van der Waals surface area contributed by atoms with E-state index in [1.54, 1.807) is 36.0 Å². The van der Waals surface area contributed by atoms with Gasteiger partial charge in [-0.25, -0.2) is 0 Å². The highest BCUT2D eigenvalue weighted by atomic mass is 35.5. The van der Waals surface area contributed by atoms with Crippen molar-refractivity contribution in [1.82, 2.24) is 5.32 Å². The zero-order chi connectivity index (χ0) is 19.9. The molecule has 0 aliphatic carbocycles. The van der Waals surface area contributed by atoms with E-state index in [-0.39, 0.29) is 17.4 Å². The van der Waals surface area contributed by atoms with Crippen molar-refractivity contribution in [3.05, 3.63) is 59.1 Å². The molecule has 4 nitrogen and oxygen atoms in total.